The van der Waals surface area contributed by atoms with E-state index < -0.39 is 11.8 Å². The van der Waals surface area contributed by atoms with Gasteiger partial charge in [-0.1, -0.05) is 84.8 Å². The number of hydrogen-bond acceptors (Lipinski definition) is 3. The Morgan fingerprint density at radius 1 is 0.929 bits per heavy atom. The molecule has 0 aliphatic heterocycles. The molecule has 0 heterocycles. The Labute approximate surface area is 165 Å². The lowest BCUT2D eigenvalue weighted by molar-refractivity contribution is 0.0417. The van der Waals surface area contributed by atoms with E-state index in [2.05, 4.69) is 5.92 Å². The van der Waals surface area contributed by atoms with Gasteiger partial charge in [0.2, 0.25) is 0 Å². The molecular formula is C25H22O3. The minimum Gasteiger partial charge on any atom is -0.415 e. The molecule has 0 bridgehead atoms. The second kappa shape index (κ2) is 8.45. The van der Waals surface area contributed by atoms with Crippen LogP contribution >= 0.6 is 0 Å². The summed E-state index contributed by atoms with van der Waals surface area (Å²) >= 11 is 0. The second-order valence-corrected chi connectivity index (χ2v) is 6.93. The summed E-state index contributed by atoms with van der Waals surface area (Å²) in [5, 5.41) is 0. The maximum atomic E-state index is 12.4. The quantitative estimate of drug-likeness (QED) is 0.320. The number of hydrogen-bond donors (Lipinski definition) is 0. The Kier molecular flexibility index (Phi) is 5.81. The van der Waals surface area contributed by atoms with Gasteiger partial charge >= 0.3 is 6.16 Å². The average Bonchev–Trinajstić information content (AvgIpc) is 2.70. The fraction of sp³-hybridized carbons (Fsp3) is 0.160. The van der Waals surface area contributed by atoms with Crippen molar-refractivity contribution in [3.63, 3.8) is 0 Å². The van der Waals surface area contributed by atoms with Crippen molar-refractivity contribution in [3.8, 4) is 29.2 Å². The molecule has 3 aromatic rings. The summed E-state index contributed by atoms with van der Waals surface area (Å²) in [7, 11) is 0. The van der Waals surface area contributed by atoms with E-state index in [9.17, 15) is 4.79 Å². The van der Waals surface area contributed by atoms with Crippen molar-refractivity contribution in [2.24, 2.45) is 0 Å². The molecule has 0 radical (unpaired) electrons. The lowest BCUT2D eigenvalue weighted by Crippen LogP contribution is -2.28. The normalized spacial score (nSPS) is 10.8. The van der Waals surface area contributed by atoms with E-state index in [-0.39, 0.29) is 0 Å². The summed E-state index contributed by atoms with van der Waals surface area (Å²) in [6, 6.07) is 25.7. The smallest absolute Gasteiger partial charge is 0.415 e. The number of carbonyl (C=O) groups excluding carboxylic acids is 1. The maximum absolute atomic E-state index is 12.4. The van der Waals surface area contributed by atoms with Crippen LogP contribution in [0.5, 0.6) is 5.75 Å². The van der Waals surface area contributed by atoms with Gasteiger partial charge in [0.25, 0.3) is 0 Å². The first-order chi connectivity index (χ1) is 13.5. The van der Waals surface area contributed by atoms with E-state index in [1.165, 1.54) is 0 Å². The van der Waals surface area contributed by atoms with Crippen molar-refractivity contribution in [2.75, 3.05) is 0 Å². The van der Waals surface area contributed by atoms with Gasteiger partial charge in [0.15, 0.2) is 5.60 Å². The molecule has 3 heteroatoms. The van der Waals surface area contributed by atoms with Gasteiger partial charge in [-0.3, -0.25) is 0 Å². The van der Waals surface area contributed by atoms with Gasteiger partial charge in [-0.05, 0) is 25.0 Å². The van der Waals surface area contributed by atoms with Crippen LogP contribution in [-0.4, -0.2) is 11.8 Å². The molecule has 140 valence electrons. The molecule has 0 fully saturated rings. The Bertz CT molecular complexity index is 983. The molecule has 3 rings (SSSR count). The molecule has 0 aromatic heterocycles. The van der Waals surface area contributed by atoms with Crippen LogP contribution in [0.1, 0.15) is 25.0 Å². The molecular weight excluding hydrogens is 348 g/mol. The number of carbonyl (C=O) groups is 1. The van der Waals surface area contributed by atoms with Crippen LogP contribution in [0.25, 0.3) is 11.1 Å². The lowest BCUT2D eigenvalue weighted by Gasteiger charge is -2.20. The van der Waals surface area contributed by atoms with Crippen molar-refractivity contribution in [1.29, 1.82) is 0 Å². The summed E-state index contributed by atoms with van der Waals surface area (Å²) in [5.74, 6) is 2.92. The van der Waals surface area contributed by atoms with Gasteiger partial charge in [0.1, 0.15) is 5.75 Å². The number of rotatable bonds is 5. The van der Waals surface area contributed by atoms with Crippen molar-refractivity contribution in [3.05, 3.63) is 90.0 Å². The third kappa shape index (κ3) is 4.81. The Morgan fingerprint density at radius 2 is 1.57 bits per heavy atom. The summed E-state index contributed by atoms with van der Waals surface area (Å²) in [6.07, 6.45) is 5.23. The van der Waals surface area contributed by atoms with E-state index in [0.717, 1.165) is 22.3 Å². The zero-order valence-corrected chi connectivity index (χ0v) is 16.0. The Hall–Kier alpha value is -3.51. The van der Waals surface area contributed by atoms with Crippen molar-refractivity contribution >= 4 is 6.16 Å². The highest BCUT2D eigenvalue weighted by molar-refractivity contribution is 5.77. The fourth-order valence-corrected chi connectivity index (χ4v) is 2.85. The molecule has 0 amide bonds. The minimum atomic E-state index is -1.04. The summed E-state index contributed by atoms with van der Waals surface area (Å²) in [4.78, 5) is 12.4. The van der Waals surface area contributed by atoms with Crippen molar-refractivity contribution in [1.82, 2.24) is 0 Å². The molecule has 0 aliphatic carbocycles. The van der Waals surface area contributed by atoms with Crippen LogP contribution in [0.15, 0.2) is 78.9 Å². The molecule has 0 spiro atoms. The van der Waals surface area contributed by atoms with Crippen molar-refractivity contribution < 1.29 is 14.3 Å². The number of benzene rings is 3. The van der Waals surface area contributed by atoms with Gasteiger partial charge in [-0.2, -0.15) is 0 Å². The Balaban J connectivity index is 2.00. The predicted molar refractivity (Wildman–Crippen MR) is 111 cm³/mol. The largest absolute Gasteiger partial charge is 0.515 e. The fourth-order valence-electron chi connectivity index (χ4n) is 2.85. The van der Waals surface area contributed by atoms with Crippen LogP contribution in [-0.2, 0) is 11.2 Å². The zero-order chi connectivity index (χ0) is 20.0. The summed E-state index contributed by atoms with van der Waals surface area (Å²) < 4.78 is 11.0. The van der Waals surface area contributed by atoms with E-state index in [1.807, 2.05) is 78.9 Å². The van der Waals surface area contributed by atoms with Gasteiger partial charge in [-0.25, -0.2) is 4.79 Å². The highest BCUT2D eigenvalue weighted by Crippen LogP contribution is 2.35. The molecule has 0 aliphatic rings. The van der Waals surface area contributed by atoms with Crippen LogP contribution in [0.3, 0.4) is 0 Å². The van der Waals surface area contributed by atoms with Gasteiger partial charge in [0.05, 0.1) is 0 Å². The number of para-hydroxylation sites is 1. The molecule has 0 saturated carbocycles. The van der Waals surface area contributed by atoms with Gasteiger partial charge in [-0.15, -0.1) is 6.42 Å². The lowest BCUT2D eigenvalue weighted by atomic mass is 9.97. The van der Waals surface area contributed by atoms with Gasteiger partial charge < -0.3 is 9.47 Å². The van der Waals surface area contributed by atoms with Gasteiger partial charge in [0, 0.05) is 17.5 Å². The first kappa shape index (κ1) is 19.3. The molecule has 0 atom stereocenters. The van der Waals surface area contributed by atoms with E-state index in [1.54, 1.807) is 13.8 Å². The van der Waals surface area contributed by atoms with Crippen LogP contribution in [0.4, 0.5) is 4.79 Å². The van der Waals surface area contributed by atoms with Crippen LogP contribution < -0.4 is 4.74 Å². The third-order valence-corrected chi connectivity index (χ3v) is 4.29. The molecule has 28 heavy (non-hydrogen) atoms. The Morgan fingerprint density at radius 3 is 2.21 bits per heavy atom. The summed E-state index contributed by atoms with van der Waals surface area (Å²) in [5.41, 5.74) is 2.75. The highest BCUT2D eigenvalue weighted by atomic mass is 16.7. The zero-order valence-electron chi connectivity index (χ0n) is 16.0. The highest BCUT2D eigenvalue weighted by Gasteiger charge is 2.23. The molecule has 0 N–H and O–H groups in total. The summed E-state index contributed by atoms with van der Waals surface area (Å²) in [6.45, 7) is 3.28. The molecule has 3 aromatic carbocycles. The average molecular weight is 370 g/mol. The SMILES string of the molecule is C#CC(C)(C)OC(=O)Oc1c(Cc2ccccc2)cccc1-c1ccccc1. The maximum Gasteiger partial charge on any atom is 0.515 e. The topological polar surface area (TPSA) is 35.5 Å². The van der Waals surface area contributed by atoms with E-state index in [4.69, 9.17) is 15.9 Å². The number of ether oxygens (including phenoxy) is 2. The standard InChI is InChI=1S/C25H22O3/c1-4-25(2,3)28-24(26)27-23-21(18-19-12-7-5-8-13-19)16-11-17-22(23)20-14-9-6-10-15-20/h1,5-17H,18H2,2-3H3. The number of terminal acetylenes is 1. The first-order valence-electron chi connectivity index (χ1n) is 9.08. The third-order valence-electron chi connectivity index (χ3n) is 4.29. The monoisotopic (exact) mass is 370 g/mol. The van der Waals surface area contributed by atoms with Crippen molar-refractivity contribution in [2.45, 2.75) is 25.9 Å². The minimum absolute atomic E-state index is 0.482. The first-order valence-corrected chi connectivity index (χ1v) is 9.08. The molecule has 0 unspecified atom stereocenters. The molecule has 0 saturated heterocycles. The van der Waals surface area contributed by atoms with E-state index in [0.29, 0.717) is 12.2 Å². The van der Waals surface area contributed by atoms with E-state index >= 15 is 0 Å². The predicted octanol–water partition coefficient (Wildman–Crippen LogP) is 5.87. The van der Waals surface area contributed by atoms with Crippen LogP contribution in [0, 0.1) is 12.3 Å². The second-order valence-electron chi connectivity index (χ2n) is 6.93. The molecule has 3 nitrogen and oxygen atoms in total. The van der Waals surface area contributed by atoms with Crippen LogP contribution in [0.2, 0.25) is 0 Å².